The van der Waals surface area contributed by atoms with E-state index in [9.17, 15) is 49.2 Å². The lowest BCUT2D eigenvalue weighted by Gasteiger charge is -2.32. The van der Waals surface area contributed by atoms with Gasteiger partial charge >= 0.3 is 0 Å². The number of nitrogens with zero attached hydrogens (tertiary/aromatic N) is 1. The number of nitrogens with two attached hydrogens (primary N) is 1. The van der Waals surface area contributed by atoms with Gasteiger partial charge in [-0.05, 0) is 142 Å². The highest BCUT2D eigenvalue weighted by molar-refractivity contribution is 6.00. The molecule has 0 saturated carbocycles. The zero-order valence-corrected chi connectivity index (χ0v) is 46.1. The van der Waals surface area contributed by atoms with Gasteiger partial charge in [-0.2, -0.15) is 0 Å². The summed E-state index contributed by atoms with van der Waals surface area (Å²) in [6.07, 6.45) is -1.90. The first kappa shape index (κ1) is 58.1. The van der Waals surface area contributed by atoms with Gasteiger partial charge in [0.25, 0.3) is 0 Å². The number of fused-ring (bicyclic) bond motifs is 15. The number of nitrogens with one attached hydrogen (secondary N) is 6. The van der Waals surface area contributed by atoms with Crippen LogP contribution >= 0.6 is 0 Å². The number of phenolic OH excluding ortho intramolecular Hbond substituents is 3. The van der Waals surface area contributed by atoms with Crippen LogP contribution in [0, 0.1) is 33.6 Å². The number of aliphatic hydroxyl groups excluding tert-OH is 1. The van der Waals surface area contributed by atoms with Crippen molar-refractivity contribution >= 4 is 47.6 Å². The lowest BCUT2D eigenvalue weighted by molar-refractivity contribution is -0.138. The number of hydrogen-bond acceptors (Lipinski definition) is 15. The van der Waals surface area contributed by atoms with Crippen molar-refractivity contribution in [3.05, 3.63) is 123 Å². The summed E-state index contributed by atoms with van der Waals surface area (Å²) in [5.74, 6) is -8.68. The number of carbonyl (C=O) groups excluding carboxylic acids is 8. The molecule has 81 heavy (non-hydrogen) atoms. The van der Waals surface area contributed by atoms with Gasteiger partial charge in [0.05, 0.1) is 12.5 Å². The summed E-state index contributed by atoms with van der Waals surface area (Å²) in [5, 5.41) is 62.1. The van der Waals surface area contributed by atoms with Crippen molar-refractivity contribution in [2.75, 3.05) is 14.1 Å². The molecule has 10 rings (SSSR count). The molecule has 0 fully saturated rings. The Labute approximate surface area is 466 Å². The Morgan fingerprint density at radius 3 is 1.85 bits per heavy atom. The molecule has 0 aliphatic carbocycles. The third-order valence-electron chi connectivity index (χ3n) is 15.1. The minimum atomic E-state index is -1.91. The zero-order chi connectivity index (χ0) is 59.0. The first-order valence-electron chi connectivity index (χ1n) is 26.3. The molecule has 0 saturated heterocycles. The van der Waals surface area contributed by atoms with Crippen LogP contribution < -0.4 is 47.1 Å². The molecule has 22 nitrogen and oxygen atoms in total. The van der Waals surface area contributed by atoms with E-state index in [1.54, 1.807) is 71.0 Å². The Morgan fingerprint density at radius 1 is 0.679 bits per heavy atom. The molecule has 0 unspecified atom stereocenters. The summed E-state index contributed by atoms with van der Waals surface area (Å²) in [7, 11) is 3.36. The van der Waals surface area contributed by atoms with Crippen LogP contribution in [0.25, 0.3) is 11.1 Å². The second kappa shape index (κ2) is 23.4. The van der Waals surface area contributed by atoms with Crippen LogP contribution in [-0.4, -0.2) is 111 Å². The fourth-order valence-electron chi connectivity index (χ4n) is 10.3. The Hall–Kier alpha value is -9.02. The van der Waals surface area contributed by atoms with Crippen molar-refractivity contribution in [1.29, 1.82) is 0 Å². The van der Waals surface area contributed by atoms with Gasteiger partial charge in [0.2, 0.25) is 41.4 Å². The molecule has 22 heteroatoms. The van der Waals surface area contributed by atoms with Gasteiger partial charge in [-0.25, -0.2) is 0 Å². The number of benzene rings is 5. The van der Waals surface area contributed by atoms with Crippen molar-refractivity contribution in [2.24, 2.45) is 11.7 Å². The van der Waals surface area contributed by atoms with E-state index < -0.39 is 119 Å². The molecule has 12 N–H and O–H groups in total. The zero-order valence-electron chi connectivity index (χ0n) is 46.1. The Bertz CT molecular complexity index is 3400. The number of carbonyl (C=O) groups is 8. The number of ether oxygens (including phenoxy) is 2. The van der Waals surface area contributed by atoms with Crippen LogP contribution in [-0.2, 0) is 38.4 Å². The molecule has 426 valence electrons. The fourth-order valence-corrected chi connectivity index (χ4v) is 10.3. The Morgan fingerprint density at radius 2 is 1.26 bits per heavy atom. The van der Waals surface area contributed by atoms with E-state index in [2.05, 4.69) is 31.9 Å². The molecular weight excluding hydrogens is 1040 g/mol. The smallest absolute Gasteiger partial charge is 0.248 e. The molecule has 9 atom stereocenters. The second-order valence-corrected chi connectivity index (χ2v) is 21.6. The minimum Gasteiger partial charge on any atom is -0.508 e. The normalized spacial score (nSPS) is 22.4. The molecule has 5 aliphatic rings. The van der Waals surface area contributed by atoms with E-state index in [0.717, 1.165) is 6.07 Å². The quantitative estimate of drug-likeness (QED) is 0.0973. The number of phenols is 3. The Kier molecular flexibility index (Phi) is 16.8. The van der Waals surface area contributed by atoms with Crippen molar-refractivity contribution in [3.63, 3.8) is 0 Å². The number of aliphatic hydroxyl groups is 1. The summed E-state index contributed by atoms with van der Waals surface area (Å²) < 4.78 is 13.2. The van der Waals surface area contributed by atoms with E-state index >= 15 is 9.59 Å². The van der Waals surface area contributed by atoms with E-state index in [4.69, 9.17) is 15.2 Å². The van der Waals surface area contributed by atoms with E-state index in [1.807, 2.05) is 13.8 Å². The largest absolute Gasteiger partial charge is 0.508 e. The monoisotopic (exact) mass is 1110 g/mol. The number of primary amides is 1. The van der Waals surface area contributed by atoms with Crippen LogP contribution in [0.5, 0.6) is 40.2 Å². The SMILES string of the molecule is Cc1cc2ccc1Oc1cc3cc(c1C)Oc1ccc(cc1C)[C@@H](O)[C@@H](NC(=O)[C@@H](CC(C)C)N(C)C)C(=O)N[C@@H](CC(N)=O)C(=O)N[C@H]3C(=O)N[C@H]1C(=O)N[C@H](C(=O)N[C@@H](C=O)c3cc(O)c(C)c(O)c3-c3cc1ccc3O)[C@@H]2C. The molecule has 5 aromatic rings. The minimum absolute atomic E-state index is 0.0282. The third-order valence-corrected chi connectivity index (χ3v) is 15.1. The summed E-state index contributed by atoms with van der Waals surface area (Å²) in [5.41, 5.74) is 7.08. The lowest BCUT2D eigenvalue weighted by atomic mass is 9.87. The summed E-state index contributed by atoms with van der Waals surface area (Å²) in [6.45, 7) is 11.9. The number of hydrogen-bond donors (Lipinski definition) is 11. The topological polar surface area (TPSA) is 337 Å². The Balaban J connectivity index is 1.36. The molecule has 5 aromatic carbocycles. The third kappa shape index (κ3) is 12.0. The number of rotatable bonds is 8. The highest BCUT2D eigenvalue weighted by Gasteiger charge is 2.41. The molecule has 5 aliphatic heterocycles. The van der Waals surface area contributed by atoms with Gasteiger partial charge in [0.1, 0.15) is 88.9 Å². The van der Waals surface area contributed by atoms with Gasteiger partial charge in [0.15, 0.2) is 0 Å². The van der Waals surface area contributed by atoms with Crippen LogP contribution in [0.15, 0.2) is 72.8 Å². The van der Waals surface area contributed by atoms with Crippen LogP contribution in [0.3, 0.4) is 0 Å². The predicted octanol–water partition coefficient (Wildman–Crippen LogP) is 4.14. The second-order valence-electron chi connectivity index (χ2n) is 21.6. The molecule has 11 bridgehead atoms. The van der Waals surface area contributed by atoms with E-state index in [1.165, 1.54) is 49.4 Å². The molecule has 0 radical (unpaired) electrons. The number of aldehydes is 1. The maximum atomic E-state index is 15.6. The number of likely N-dealkylation sites (N-methyl/N-ethyl adjacent to an activating group) is 1. The highest BCUT2D eigenvalue weighted by atomic mass is 16.5. The predicted molar refractivity (Wildman–Crippen MR) is 294 cm³/mol. The van der Waals surface area contributed by atoms with Crippen molar-refractivity contribution in [2.45, 2.75) is 116 Å². The summed E-state index contributed by atoms with van der Waals surface area (Å²) in [6, 6.07) is 6.10. The highest BCUT2D eigenvalue weighted by Crippen LogP contribution is 2.47. The van der Waals surface area contributed by atoms with E-state index in [-0.39, 0.29) is 62.1 Å². The average Bonchev–Trinajstić information content (AvgIpc) is 3.54. The average molecular weight is 1110 g/mol. The summed E-state index contributed by atoms with van der Waals surface area (Å²) >= 11 is 0. The van der Waals surface area contributed by atoms with Crippen molar-refractivity contribution < 1.29 is 68.3 Å². The molecule has 0 spiro atoms. The van der Waals surface area contributed by atoms with Gasteiger partial charge < -0.3 is 72.3 Å². The number of aryl methyl sites for hydroxylation is 2. The van der Waals surface area contributed by atoms with Crippen LogP contribution in [0.4, 0.5) is 0 Å². The first-order valence-corrected chi connectivity index (χ1v) is 26.3. The maximum Gasteiger partial charge on any atom is 0.248 e. The standard InChI is InChI=1S/C59H66N8O14/c1-25(2)16-39(67(8)9)55(75)66-51-53(73)33-12-15-43(27(4)18-33)81-45-21-34-20-44(30(45)7)80-42-14-11-31(17-26(42)3)28(5)48-56(76)62-38(24-68)35-22-41(70)29(6)52(72)47(35)36-19-32(10-13-40(36)69)49(57(77)63-48)65-58(78)50(34)64-54(74)37(23-46(60)71)61-59(51)79/h10-15,17-22,24-25,28,37-39,48-51,53,69-70,72-73H,16,23H2,1-9H3,(H2,60,71)(H,61,79)(H,62,76)(H,63,77)(H,64,74)(H,65,78)(H,66,75)/t28-,37+,38+,39-,48+,49-,50-,51-,53-/m1/s1. The van der Waals surface area contributed by atoms with Gasteiger partial charge in [-0.3, -0.25) is 38.5 Å². The first-order chi connectivity index (χ1) is 38.3. The lowest BCUT2D eigenvalue weighted by Crippen LogP contribution is -2.59. The maximum absolute atomic E-state index is 15.6. The summed E-state index contributed by atoms with van der Waals surface area (Å²) in [4.78, 5) is 117. The van der Waals surface area contributed by atoms with Gasteiger partial charge in [-0.15, -0.1) is 0 Å². The molecule has 7 amide bonds. The van der Waals surface area contributed by atoms with Gasteiger partial charge in [0, 0.05) is 28.2 Å². The van der Waals surface area contributed by atoms with Crippen LogP contribution in [0.1, 0.15) is 114 Å². The fraction of sp³-hybridized carbons (Fsp3) is 0.356. The van der Waals surface area contributed by atoms with Crippen molar-refractivity contribution in [1.82, 2.24) is 36.8 Å². The van der Waals surface area contributed by atoms with Crippen LogP contribution in [0.2, 0.25) is 0 Å². The number of amides is 7. The molecular formula is C59H66N8O14. The van der Waals surface area contributed by atoms with Crippen molar-refractivity contribution in [3.8, 4) is 51.4 Å². The molecule has 0 aromatic heterocycles. The van der Waals surface area contributed by atoms with E-state index in [0.29, 0.717) is 40.7 Å². The molecule has 5 heterocycles. The van der Waals surface area contributed by atoms with Gasteiger partial charge in [-0.1, -0.05) is 45.0 Å². The number of aromatic hydroxyl groups is 3.